The van der Waals surface area contributed by atoms with Crippen molar-refractivity contribution in [3.8, 4) is 0 Å². The second-order valence-electron chi connectivity index (χ2n) is 6.23. The second-order valence-corrected chi connectivity index (χ2v) is 6.23. The van der Waals surface area contributed by atoms with Gasteiger partial charge < -0.3 is 20.7 Å². The van der Waals surface area contributed by atoms with Crippen LogP contribution < -0.4 is 16.0 Å². The second kappa shape index (κ2) is 8.15. The fourth-order valence-corrected chi connectivity index (χ4v) is 3.06. The summed E-state index contributed by atoms with van der Waals surface area (Å²) in [6, 6.07) is 4.46. The topological polar surface area (TPSA) is 75.3 Å². The van der Waals surface area contributed by atoms with Gasteiger partial charge in [0.05, 0.1) is 0 Å². The highest BCUT2D eigenvalue weighted by molar-refractivity contribution is 5.74. The number of anilines is 1. The molecule has 2 amide bonds. The summed E-state index contributed by atoms with van der Waals surface area (Å²) in [5.41, 5.74) is 2.40. The van der Waals surface area contributed by atoms with Gasteiger partial charge in [0, 0.05) is 38.0 Å². The first-order valence-electron chi connectivity index (χ1n) is 8.66. The van der Waals surface area contributed by atoms with Crippen LogP contribution in [0, 0.1) is 0 Å². The monoisotopic (exact) mass is 318 g/mol. The van der Waals surface area contributed by atoms with Crippen molar-refractivity contribution < 1.29 is 9.53 Å². The van der Waals surface area contributed by atoms with E-state index in [1.807, 2.05) is 0 Å². The van der Waals surface area contributed by atoms with Crippen LogP contribution in [0.15, 0.2) is 12.1 Å². The van der Waals surface area contributed by atoms with Crippen LogP contribution in [0.5, 0.6) is 0 Å². The smallest absolute Gasteiger partial charge is 0.315 e. The minimum atomic E-state index is -0.0723. The molecule has 0 aromatic carbocycles. The Kier molecular flexibility index (Phi) is 5.69. The first-order chi connectivity index (χ1) is 11.3. The van der Waals surface area contributed by atoms with Gasteiger partial charge in [-0.1, -0.05) is 6.07 Å². The third-order valence-electron chi connectivity index (χ3n) is 4.40. The molecule has 1 aromatic heterocycles. The summed E-state index contributed by atoms with van der Waals surface area (Å²) in [5, 5.41) is 9.29. The summed E-state index contributed by atoms with van der Waals surface area (Å²) in [6.07, 6.45) is 5.88. The molecule has 2 aliphatic heterocycles. The third-order valence-corrected chi connectivity index (χ3v) is 4.40. The molecule has 6 heteroatoms. The molecule has 3 heterocycles. The lowest BCUT2D eigenvalue weighted by atomic mass is 10.1. The Hall–Kier alpha value is -1.82. The van der Waals surface area contributed by atoms with Gasteiger partial charge in [-0.25, -0.2) is 9.78 Å². The van der Waals surface area contributed by atoms with Gasteiger partial charge in [0.15, 0.2) is 0 Å². The number of carbonyl (C=O) groups excluding carboxylic acids is 1. The maximum Gasteiger partial charge on any atom is 0.315 e. The van der Waals surface area contributed by atoms with E-state index < -0.39 is 0 Å². The van der Waals surface area contributed by atoms with E-state index in [-0.39, 0.29) is 12.1 Å². The lowest BCUT2D eigenvalue weighted by molar-refractivity contribution is 0.0801. The number of pyridine rings is 1. The van der Waals surface area contributed by atoms with Crippen LogP contribution in [0.25, 0.3) is 0 Å². The average Bonchev–Trinajstić information content (AvgIpc) is 2.59. The number of ether oxygens (including phenoxy) is 1. The molecule has 2 aliphatic rings. The molecule has 1 saturated heterocycles. The van der Waals surface area contributed by atoms with E-state index in [4.69, 9.17) is 4.74 Å². The molecular formula is C17H26N4O2. The van der Waals surface area contributed by atoms with Crippen LogP contribution in [0.1, 0.15) is 36.9 Å². The van der Waals surface area contributed by atoms with Crippen LogP contribution in [-0.4, -0.2) is 43.4 Å². The summed E-state index contributed by atoms with van der Waals surface area (Å²) in [4.78, 5) is 16.5. The zero-order chi connectivity index (χ0) is 15.9. The van der Waals surface area contributed by atoms with Gasteiger partial charge in [-0.15, -0.1) is 0 Å². The summed E-state index contributed by atoms with van der Waals surface area (Å²) < 4.78 is 5.28. The van der Waals surface area contributed by atoms with E-state index in [9.17, 15) is 4.79 Å². The van der Waals surface area contributed by atoms with Crippen molar-refractivity contribution in [3.05, 3.63) is 23.4 Å². The van der Waals surface area contributed by atoms with E-state index in [0.717, 1.165) is 63.4 Å². The number of aromatic nitrogens is 1. The maximum atomic E-state index is 11.8. The molecule has 0 atom stereocenters. The molecule has 0 unspecified atom stereocenters. The Balaban J connectivity index is 1.35. The molecule has 1 aromatic rings. The standard InChI is InChI=1S/C17H26N4O2/c22-17(21-15-7-11-23-12-8-15)19-10-2-4-14-6-5-13-3-1-9-18-16(13)20-14/h5-6,15H,1-4,7-12H2,(H,18,20)(H2,19,21,22). The first-order valence-corrected chi connectivity index (χ1v) is 8.66. The largest absolute Gasteiger partial charge is 0.381 e. The fraction of sp³-hybridized carbons (Fsp3) is 0.647. The Morgan fingerprint density at radius 3 is 3.09 bits per heavy atom. The van der Waals surface area contributed by atoms with E-state index in [1.165, 1.54) is 12.0 Å². The number of hydrogen-bond acceptors (Lipinski definition) is 4. The predicted octanol–water partition coefficient (Wildman–Crippen LogP) is 1.85. The van der Waals surface area contributed by atoms with Crippen LogP contribution in [0.4, 0.5) is 10.6 Å². The molecule has 0 spiro atoms. The molecule has 0 radical (unpaired) electrons. The Labute approximate surface area is 137 Å². The first kappa shape index (κ1) is 16.1. The zero-order valence-electron chi connectivity index (χ0n) is 13.6. The number of carbonyl (C=O) groups is 1. The van der Waals surface area contributed by atoms with Gasteiger partial charge in [-0.3, -0.25) is 0 Å². The van der Waals surface area contributed by atoms with Gasteiger partial charge in [0.1, 0.15) is 5.82 Å². The lowest BCUT2D eigenvalue weighted by Gasteiger charge is -2.23. The van der Waals surface area contributed by atoms with Crippen molar-refractivity contribution in [2.24, 2.45) is 0 Å². The Morgan fingerprint density at radius 2 is 2.22 bits per heavy atom. The third kappa shape index (κ3) is 4.82. The normalized spacial score (nSPS) is 17.9. The number of hydrogen-bond donors (Lipinski definition) is 3. The van der Waals surface area contributed by atoms with Crippen molar-refractivity contribution in [2.45, 2.75) is 44.6 Å². The number of amides is 2. The van der Waals surface area contributed by atoms with Crippen molar-refractivity contribution in [1.29, 1.82) is 0 Å². The van der Waals surface area contributed by atoms with Gasteiger partial charge in [0.2, 0.25) is 0 Å². The molecule has 3 rings (SSSR count). The molecule has 0 saturated carbocycles. The highest BCUT2D eigenvalue weighted by Crippen LogP contribution is 2.19. The molecular weight excluding hydrogens is 292 g/mol. The van der Waals surface area contributed by atoms with Gasteiger partial charge in [-0.05, 0) is 50.2 Å². The number of aryl methyl sites for hydroxylation is 2. The van der Waals surface area contributed by atoms with Gasteiger partial charge >= 0.3 is 6.03 Å². The van der Waals surface area contributed by atoms with Crippen molar-refractivity contribution >= 4 is 11.8 Å². The summed E-state index contributed by atoms with van der Waals surface area (Å²) >= 11 is 0. The quantitative estimate of drug-likeness (QED) is 0.724. The van der Waals surface area contributed by atoms with E-state index >= 15 is 0 Å². The minimum absolute atomic E-state index is 0.0723. The maximum absolute atomic E-state index is 11.8. The Bertz CT molecular complexity index is 529. The van der Waals surface area contributed by atoms with Gasteiger partial charge in [-0.2, -0.15) is 0 Å². The summed E-state index contributed by atoms with van der Waals surface area (Å²) in [6.45, 7) is 3.16. The molecule has 1 fully saturated rings. The SMILES string of the molecule is O=C(NCCCc1ccc2c(n1)NCCC2)NC1CCOCC1. The van der Waals surface area contributed by atoms with Crippen molar-refractivity contribution in [1.82, 2.24) is 15.6 Å². The van der Waals surface area contributed by atoms with Crippen molar-refractivity contribution in [3.63, 3.8) is 0 Å². The highest BCUT2D eigenvalue weighted by atomic mass is 16.5. The lowest BCUT2D eigenvalue weighted by Crippen LogP contribution is -2.44. The number of rotatable bonds is 5. The van der Waals surface area contributed by atoms with Crippen molar-refractivity contribution in [2.75, 3.05) is 31.6 Å². The number of fused-ring (bicyclic) bond motifs is 1. The average molecular weight is 318 g/mol. The molecule has 0 aliphatic carbocycles. The summed E-state index contributed by atoms with van der Waals surface area (Å²) in [5.74, 6) is 1.04. The molecule has 3 N–H and O–H groups in total. The van der Waals surface area contributed by atoms with Gasteiger partial charge in [0.25, 0.3) is 0 Å². The summed E-state index contributed by atoms with van der Waals surface area (Å²) in [7, 11) is 0. The number of urea groups is 1. The number of nitrogens with one attached hydrogen (secondary N) is 3. The zero-order valence-corrected chi connectivity index (χ0v) is 13.6. The van der Waals surface area contributed by atoms with Crippen LogP contribution >= 0.6 is 0 Å². The molecule has 6 nitrogen and oxygen atoms in total. The minimum Gasteiger partial charge on any atom is -0.381 e. The Morgan fingerprint density at radius 1 is 1.35 bits per heavy atom. The van der Waals surface area contributed by atoms with E-state index in [2.05, 4.69) is 33.1 Å². The molecule has 23 heavy (non-hydrogen) atoms. The van der Waals surface area contributed by atoms with E-state index in [1.54, 1.807) is 0 Å². The van der Waals surface area contributed by atoms with E-state index in [0.29, 0.717) is 6.54 Å². The van der Waals surface area contributed by atoms with Crippen LogP contribution in [0.2, 0.25) is 0 Å². The molecule has 0 bridgehead atoms. The molecule has 126 valence electrons. The highest BCUT2D eigenvalue weighted by Gasteiger charge is 2.15. The number of nitrogens with zero attached hydrogens (tertiary/aromatic N) is 1. The van der Waals surface area contributed by atoms with Crippen LogP contribution in [0.3, 0.4) is 0 Å². The predicted molar refractivity (Wildman–Crippen MR) is 89.7 cm³/mol. The fourth-order valence-electron chi connectivity index (χ4n) is 3.06. The van der Waals surface area contributed by atoms with Crippen LogP contribution in [-0.2, 0) is 17.6 Å².